The number of rotatable bonds is 6. The first-order valence-corrected chi connectivity index (χ1v) is 10.3. The summed E-state index contributed by atoms with van der Waals surface area (Å²) in [6.45, 7) is 14.6. The summed E-state index contributed by atoms with van der Waals surface area (Å²) in [4.78, 5) is 4.93. The third kappa shape index (κ3) is 5.79. The SMILES string of the molecule is Cc1ccc(C(C)C)c(OCCN2CCN(c3cc(Cl)ccc3C)CC2)c1.Cl. The first kappa shape index (κ1) is 22.9. The molecule has 0 N–H and O–H groups in total. The van der Waals surface area contributed by atoms with Crippen LogP contribution < -0.4 is 9.64 Å². The number of ether oxygens (including phenoxy) is 1. The van der Waals surface area contributed by atoms with Crippen LogP contribution in [0.25, 0.3) is 0 Å². The van der Waals surface area contributed by atoms with Crippen molar-refractivity contribution in [3.8, 4) is 5.75 Å². The van der Waals surface area contributed by atoms with Gasteiger partial charge in [-0.25, -0.2) is 0 Å². The van der Waals surface area contributed by atoms with Crippen LogP contribution in [-0.4, -0.2) is 44.2 Å². The summed E-state index contributed by atoms with van der Waals surface area (Å²) in [5, 5.41) is 0.811. The summed E-state index contributed by atoms with van der Waals surface area (Å²) in [6, 6.07) is 12.7. The fourth-order valence-electron chi connectivity index (χ4n) is 3.66. The van der Waals surface area contributed by atoms with E-state index in [4.69, 9.17) is 16.3 Å². The standard InChI is InChI=1S/C23H31ClN2O.ClH/c1-17(2)21-8-5-18(3)15-23(21)27-14-13-25-9-11-26(12-10-25)22-16-20(24)7-6-19(22)4;/h5-8,15-17H,9-14H2,1-4H3;1H. The molecule has 0 unspecified atom stereocenters. The summed E-state index contributed by atoms with van der Waals surface area (Å²) in [5.41, 5.74) is 5.10. The second-order valence-electron chi connectivity index (χ2n) is 7.80. The van der Waals surface area contributed by atoms with Gasteiger partial charge in [0.25, 0.3) is 0 Å². The van der Waals surface area contributed by atoms with Gasteiger partial charge in [-0.1, -0.05) is 43.6 Å². The molecule has 0 bridgehead atoms. The minimum atomic E-state index is 0. The lowest BCUT2D eigenvalue weighted by atomic mass is 10.0. The molecule has 0 amide bonds. The number of hydrogen-bond acceptors (Lipinski definition) is 3. The Kier molecular flexibility index (Phi) is 8.48. The summed E-state index contributed by atoms with van der Waals surface area (Å²) in [7, 11) is 0. The van der Waals surface area contributed by atoms with Crippen LogP contribution in [0.5, 0.6) is 5.75 Å². The van der Waals surface area contributed by atoms with Gasteiger partial charge in [0, 0.05) is 43.4 Å². The van der Waals surface area contributed by atoms with Crippen LogP contribution in [-0.2, 0) is 0 Å². The normalized spacial score (nSPS) is 14.9. The molecule has 1 aliphatic rings. The summed E-state index contributed by atoms with van der Waals surface area (Å²) in [6.07, 6.45) is 0. The van der Waals surface area contributed by atoms with E-state index in [9.17, 15) is 0 Å². The molecular formula is C23H32Cl2N2O. The van der Waals surface area contributed by atoms with Gasteiger partial charge in [0.1, 0.15) is 12.4 Å². The highest BCUT2D eigenvalue weighted by Gasteiger charge is 2.19. The maximum Gasteiger partial charge on any atom is 0.123 e. The van der Waals surface area contributed by atoms with Crippen molar-refractivity contribution in [1.29, 1.82) is 0 Å². The highest BCUT2D eigenvalue weighted by Crippen LogP contribution is 2.28. The Morgan fingerprint density at radius 2 is 1.71 bits per heavy atom. The fourth-order valence-corrected chi connectivity index (χ4v) is 3.83. The van der Waals surface area contributed by atoms with Gasteiger partial charge in [0.2, 0.25) is 0 Å². The molecule has 3 rings (SSSR count). The molecule has 2 aromatic rings. The zero-order valence-electron chi connectivity index (χ0n) is 17.4. The number of hydrogen-bond donors (Lipinski definition) is 0. The number of nitrogens with zero attached hydrogens (tertiary/aromatic N) is 2. The Hall–Kier alpha value is -1.42. The lowest BCUT2D eigenvalue weighted by Crippen LogP contribution is -2.47. The van der Waals surface area contributed by atoms with Gasteiger partial charge in [-0.05, 0) is 54.7 Å². The summed E-state index contributed by atoms with van der Waals surface area (Å²) in [5.74, 6) is 1.52. The van der Waals surface area contributed by atoms with Crippen LogP contribution in [0.15, 0.2) is 36.4 Å². The third-order valence-corrected chi connectivity index (χ3v) is 5.58. The number of benzene rings is 2. The van der Waals surface area contributed by atoms with E-state index in [1.54, 1.807) is 0 Å². The summed E-state index contributed by atoms with van der Waals surface area (Å²) >= 11 is 6.18. The topological polar surface area (TPSA) is 15.7 Å². The second-order valence-corrected chi connectivity index (χ2v) is 8.24. The first-order valence-electron chi connectivity index (χ1n) is 9.91. The lowest BCUT2D eigenvalue weighted by molar-refractivity contribution is 0.199. The molecule has 2 aromatic carbocycles. The van der Waals surface area contributed by atoms with E-state index in [1.807, 2.05) is 6.07 Å². The highest BCUT2D eigenvalue weighted by molar-refractivity contribution is 6.30. The predicted molar refractivity (Wildman–Crippen MR) is 123 cm³/mol. The van der Waals surface area contributed by atoms with Crippen molar-refractivity contribution < 1.29 is 4.74 Å². The second kappa shape index (κ2) is 10.4. The van der Waals surface area contributed by atoms with Crippen molar-refractivity contribution in [2.45, 2.75) is 33.6 Å². The monoisotopic (exact) mass is 422 g/mol. The Balaban J connectivity index is 0.00000280. The Morgan fingerprint density at radius 1 is 1.00 bits per heavy atom. The van der Waals surface area contributed by atoms with Crippen LogP contribution in [0.1, 0.15) is 36.5 Å². The van der Waals surface area contributed by atoms with E-state index in [0.717, 1.165) is 50.1 Å². The quantitative estimate of drug-likeness (QED) is 0.593. The molecule has 3 nitrogen and oxygen atoms in total. The average Bonchev–Trinajstić information content (AvgIpc) is 2.64. The fraction of sp³-hybridized carbons (Fsp3) is 0.478. The molecule has 1 fully saturated rings. The van der Waals surface area contributed by atoms with Crippen molar-refractivity contribution in [3.05, 3.63) is 58.1 Å². The number of halogens is 2. The van der Waals surface area contributed by atoms with Gasteiger partial charge in [-0.2, -0.15) is 0 Å². The molecule has 0 aromatic heterocycles. The number of anilines is 1. The molecule has 0 saturated carbocycles. The van der Waals surface area contributed by atoms with Gasteiger partial charge < -0.3 is 9.64 Å². The van der Waals surface area contributed by atoms with Gasteiger partial charge >= 0.3 is 0 Å². The van der Waals surface area contributed by atoms with E-state index in [2.05, 4.69) is 67.8 Å². The maximum absolute atomic E-state index is 6.18. The van der Waals surface area contributed by atoms with Crippen LogP contribution in [0.3, 0.4) is 0 Å². The third-order valence-electron chi connectivity index (χ3n) is 5.34. The van der Waals surface area contributed by atoms with Gasteiger partial charge in [0.05, 0.1) is 0 Å². The van der Waals surface area contributed by atoms with Crippen molar-refractivity contribution in [3.63, 3.8) is 0 Å². The largest absolute Gasteiger partial charge is 0.492 e. The molecule has 1 heterocycles. The zero-order chi connectivity index (χ0) is 19.4. The zero-order valence-corrected chi connectivity index (χ0v) is 18.9. The number of aryl methyl sites for hydroxylation is 2. The number of piperazine rings is 1. The van der Waals surface area contributed by atoms with E-state index in [1.165, 1.54) is 22.4 Å². The van der Waals surface area contributed by atoms with Gasteiger partial charge in [-0.3, -0.25) is 4.90 Å². The molecule has 5 heteroatoms. The van der Waals surface area contributed by atoms with E-state index < -0.39 is 0 Å². The average molecular weight is 423 g/mol. The van der Waals surface area contributed by atoms with Gasteiger partial charge in [0.15, 0.2) is 0 Å². The molecule has 0 spiro atoms. The van der Waals surface area contributed by atoms with E-state index in [0.29, 0.717) is 5.92 Å². The molecule has 1 saturated heterocycles. The molecular weight excluding hydrogens is 391 g/mol. The van der Waals surface area contributed by atoms with Crippen molar-refractivity contribution in [1.82, 2.24) is 4.90 Å². The Morgan fingerprint density at radius 3 is 2.39 bits per heavy atom. The van der Waals surface area contributed by atoms with E-state index >= 15 is 0 Å². The van der Waals surface area contributed by atoms with Crippen molar-refractivity contribution >= 4 is 29.7 Å². The van der Waals surface area contributed by atoms with E-state index in [-0.39, 0.29) is 12.4 Å². The van der Waals surface area contributed by atoms with Crippen molar-refractivity contribution in [2.24, 2.45) is 0 Å². The van der Waals surface area contributed by atoms with Crippen LogP contribution in [0, 0.1) is 13.8 Å². The van der Waals surface area contributed by atoms with Crippen LogP contribution >= 0.6 is 24.0 Å². The summed E-state index contributed by atoms with van der Waals surface area (Å²) < 4.78 is 6.16. The molecule has 154 valence electrons. The lowest BCUT2D eigenvalue weighted by Gasteiger charge is -2.36. The molecule has 28 heavy (non-hydrogen) atoms. The predicted octanol–water partition coefficient (Wildman–Crippen LogP) is 5.70. The minimum absolute atomic E-state index is 0. The molecule has 1 aliphatic heterocycles. The van der Waals surface area contributed by atoms with Crippen LogP contribution in [0.4, 0.5) is 5.69 Å². The first-order chi connectivity index (χ1) is 12.9. The van der Waals surface area contributed by atoms with Crippen LogP contribution in [0.2, 0.25) is 5.02 Å². The smallest absolute Gasteiger partial charge is 0.123 e. The van der Waals surface area contributed by atoms with Gasteiger partial charge in [-0.15, -0.1) is 12.4 Å². The minimum Gasteiger partial charge on any atom is -0.492 e. The molecule has 0 atom stereocenters. The Bertz CT molecular complexity index is 771. The highest BCUT2D eigenvalue weighted by atomic mass is 35.5. The van der Waals surface area contributed by atoms with Crippen molar-refractivity contribution in [2.75, 3.05) is 44.2 Å². The maximum atomic E-state index is 6.18. The molecule has 0 radical (unpaired) electrons. The Labute approximate surface area is 181 Å². The molecule has 0 aliphatic carbocycles.